The Morgan fingerprint density at radius 1 is 1.27 bits per heavy atom. The molecule has 1 aromatic rings. The van der Waals surface area contributed by atoms with Crippen LogP contribution in [0.25, 0.3) is 0 Å². The molecule has 80 valence electrons. The molecule has 2 nitrogen and oxygen atoms in total. The maximum atomic E-state index is 11.1. The van der Waals surface area contributed by atoms with Crippen LogP contribution >= 0.6 is 0 Å². The Labute approximate surface area is 90.3 Å². The third-order valence-corrected chi connectivity index (χ3v) is 2.84. The number of aryl methyl sites for hydroxylation is 2. The molecule has 2 rings (SSSR count). The number of esters is 1. The van der Waals surface area contributed by atoms with Crippen LogP contribution in [0.2, 0.25) is 0 Å². The Morgan fingerprint density at radius 2 is 2.00 bits per heavy atom. The molecule has 0 N–H and O–H groups in total. The molecule has 0 atom stereocenters. The van der Waals surface area contributed by atoms with E-state index in [-0.39, 0.29) is 5.97 Å². The van der Waals surface area contributed by atoms with Crippen molar-refractivity contribution in [1.29, 1.82) is 0 Å². The molecule has 0 aliphatic heterocycles. The van der Waals surface area contributed by atoms with E-state index < -0.39 is 0 Å². The van der Waals surface area contributed by atoms with Crippen molar-refractivity contribution in [2.45, 2.75) is 39.0 Å². The lowest BCUT2D eigenvalue weighted by Crippen LogP contribution is -2.07. The van der Waals surface area contributed by atoms with Crippen molar-refractivity contribution in [1.82, 2.24) is 0 Å². The maximum Gasteiger partial charge on any atom is 0.310 e. The average molecular weight is 204 g/mol. The van der Waals surface area contributed by atoms with Gasteiger partial charge in [-0.25, -0.2) is 0 Å². The summed E-state index contributed by atoms with van der Waals surface area (Å²) in [6, 6.07) is 6.01. The Kier molecular flexibility index (Phi) is 3.05. The molecule has 2 heteroatoms. The number of carbonyl (C=O) groups excluding carboxylic acids is 1. The highest BCUT2D eigenvalue weighted by molar-refractivity contribution is 5.72. The van der Waals surface area contributed by atoms with Gasteiger partial charge in [-0.2, -0.15) is 0 Å². The summed E-state index contributed by atoms with van der Waals surface area (Å²) in [5.41, 5.74) is 2.76. The van der Waals surface area contributed by atoms with Gasteiger partial charge in [-0.3, -0.25) is 4.79 Å². The minimum absolute atomic E-state index is 0.161. The summed E-state index contributed by atoms with van der Waals surface area (Å²) in [5, 5.41) is 0. The van der Waals surface area contributed by atoms with Gasteiger partial charge in [0.2, 0.25) is 0 Å². The lowest BCUT2D eigenvalue weighted by molar-refractivity contribution is -0.134. The quantitative estimate of drug-likeness (QED) is 0.547. The molecule has 1 aliphatic carbocycles. The molecule has 0 aromatic heterocycles. The highest BCUT2D eigenvalue weighted by atomic mass is 16.5. The zero-order valence-corrected chi connectivity index (χ0v) is 9.08. The highest BCUT2D eigenvalue weighted by Gasteiger charge is 2.10. The van der Waals surface area contributed by atoms with Crippen molar-refractivity contribution in [3.63, 3.8) is 0 Å². The second-order valence-corrected chi connectivity index (χ2v) is 3.97. The molecular formula is C13H16O2. The molecule has 0 unspecified atom stereocenters. The van der Waals surface area contributed by atoms with Gasteiger partial charge in [0.05, 0.1) is 0 Å². The topological polar surface area (TPSA) is 26.3 Å². The largest absolute Gasteiger partial charge is 0.427 e. The first-order chi connectivity index (χ1) is 7.29. The normalized spacial score (nSPS) is 14.5. The van der Waals surface area contributed by atoms with E-state index in [1.807, 2.05) is 12.1 Å². The minimum Gasteiger partial charge on any atom is -0.427 e. The number of rotatable bonds is 2. The molecule has 1 aliphatic rings. The van der Waals surface area contributed by atoms with Crippen LogP contribution < -0.4 is 4.74 Å². The van der Waals surface area contributed by atoms with Crippen molar-refractivity contribution in [2.24, 2.45) is 0 Å². The molecule has 1 aromatic carbocycles. The van der Waals surface area contributed by atoms with E-state index in [0.29, 0.717) is 12.2 Å². The van der Waals surface area contributed by atoms with Crippen LogP contribution in [0.5, 0.6) is 5.75 Å². The molecule has 0 saturated heterocycles. The first-order valence-corrected chi connectivity index (χ1v) is 5.62. The zero-order chi connectivity index (χ0) is 10.7. The highest BCUT2D eigenvalue weighted by Crippen LogP contribution is 2.25. The van der Waals surface area contributed by atoms with E-state index in [2.05, 4.69) is 6.07 Å². The van der Waals surface area contributed by atoms with E-state index in [0.717, 1.165) is 12.8 Å². The van der Waals surface area contributed by atoms with Crippen LogP contribution in [-0.4, -0.2) is 5.97 Å². The van der Waals surface area contributed by atoms with Gasteiger partial charge in [-0.05, 0) is 48.9 Å². The summed E-state index contributed by atoms with van der Waals surface area (Å²) >= 11 is 0. The molecule has 0 amide bonds. The summed E-state index contributed by atoms with van der Waals surface area (Å²) in [4.78, 5) is 11.1. The van der Waals surface area contributed by atoms with Gasteiger partial charge in [0.25, 0.3) is 0 Å². The second kappa shape index (κ2) is 4.47. The fraction of sp³-hybridized carbons (Fsp3) is 0.462. The van der Waals surface area contributed by atoms with Gasteiger partial charge in [0, 0.05) is 6.42 Å². The third-order valence-electron chi connectivity index (χ3n) is 2.84. The fourth-order valence-corrected chi connectivity index (χ4v) is 1.98. The molecule has 0 spiro atoms. The van der Waals surface area contributed by atoms with E-state index in [4.69, 9.17) is 4.74 Å². The second-order valence-electron chi connectivity index (χ2n) is 3.97. The number of ether oxygens (including phenoxy) is 1. The predicted molar refractivity (Wildman–Crippen MR) is 59.0 cm³/mol. The summed E-state index contributed by atoms with van der Waals surface area (Å²) in [6.07, 6.45) is 5.24. The summed E-state index contributed by atoms with van der Waals surface area (Å²) in [7, 11) is 0. The smallest absolute Gasteiger partial charge is 0.310 e. The Morgan fingerprint density at radius 3 is 2.73 bits per heavy atom. The van der Waals surface area contributed by atoms with Gasteiger partial charge >= 0.3 is 5.97 Å². The van der Waals surface area contributed by atoms with Crippen molar-refractivity contribution in [2.75, 3.05) is 0 Å². The minimum atomic E-state index is -0.161. The van der Waals surface area contributed by atoms with E-state index in [1.54, 1.807) is 6.92 Å². The monoisotopic (exact) mass is 204 g/mol. The number of hydrogen-bond donors (Lipinski definition) is 0. The van der Waals surface area contributed by atoms with Crippen LogP contribution in [0.4, 0.5) is 0 Å². The fourth-order valence-electron chi connectivity index (χ4n) is 1.98. The van der Waals surface area contributed by atoms with Gasteiger partial charge in [0.1, 0.15) is 5.75 Å². The van der Waals surface area contributed by atoms with Crippen LogP contribution in [0.15, 0.2) is 18.2 Å². The van der Waals surface area contributed by atoms with Crippen LogP contribution in [0.1, 0.15) is 37.3 Å². The Balaban J connectivity index is 2.17. The average Bonchev–Trinajstić information content (AvgIpc) is 2.29. The zero-order valence-electron chi connectivity index (χ0n) is 9.08. The van der Waals surface area contributed by atoms with Crippen LogP contribution in [-0.2, 0) is 17.6 Å². The first kappa shape index (κ1) is 10.2. The number of fused-ring (bicyclic) bond motifs is 1. The lowest BCUT2D eigenvalue weighted by Gasteiger charge is -2.16. The van der Waals surface area contributed by atoms with Crippen molar-refractivity contribution < 1.29 is 9.53 Å². The van der Waals surface area contributed by atoms with Crippen molar-refractivity contribution in [3.8, 4) is 5.75 Å². The van der Waals surface area contributed by atoms with Crippen LogP contribution in [0, 0.1) is 0 Å². The number of benzene rings is 1. The van der Waals surface area contributed by atoms with Crippen molar-refractivity contribution in [3.05, 3.63) is 29.3 Å². The van der Waals surface area contributed by atoms with E-state index >= 15 is 0 Å². The summed E-state index contributed by atoms with van der Waals surface area (Å²) in [6.45, 7) is 1.81. The molecule has 0 heterocycles. The lowest BCUT2D eigenvalue weighted by atomic mass is 9.92. The molecule has 0 fully saturated rings. The Hall–Kier alpha value is -1.31. The molecule has 0 radical (unpaired) electrons. The van der Waals surface area contributed by atoms with Gasteiger partial charge < -0.3 is 4.74 Å². The first-order valence-electron chi connectivity index (χ1n) is 5.62. The standard InChI is InChI=1S/C13H16O2/c1-2-13(14)15-12-8-7-10-5-3-4-6-11(10)9-12/h7-9H,2-6H2,1H3. The molecule has 0 bridgehead atoms. The van der Waals surface area contributed by atoms with E-state index in [1.165, 1.54) is 24.0 Å². The molecule has 15 heavy (non-hydrogen) atoms. The maximum absolute atomic E-state index is 11.1. The predicted octanol–water partition coefficient (Wildman–Crippen LogP) is 2.88. The summed E-state index contributed by atoms with van der Waals surface area (Å²) < 4.78 is 5.19. The Bertz CT molecular complexity index is 369. The van der Waals surface area contributed by atoms with E-state index in [9.17, 15) is 4.79 Å². The van der Waals surface area contributed by atoms with Crippen molar-refractivity contribution >= 4 is 5.97 Å². The van der Waals surface area contributed by atoms with Crippen LogP contribution in [0.3, 0.4) is 0 Å². The van der Waals surface area contributed by atoms with Gasteiger partial charge in [-0.15, -0.1) is 0 Å². The molecular weight excluding hydrogens is 188 g/mol. The number of carbonyl (C=O) groups is 1. The molecule has 0 saturated carbocycles. The third kappa shape index (κ3) is 2.38. The SMILES string of the molecule is CCC(=O)Oc1ccc2c(c1)CCCC2. The number of hydrogen-bond acceptors (Lipinski definition) is 2. The van der Waals surface area contributed by atoms with Gasteiger partial charge in [0.15, 0.2) is 0 Å². The van der Waals surface area contributed by atoms with Gasteiger partial charge in [-0.1, -0.05) is 13.0 Å². The summed E-state index contributed by atoms with van der Waals surface area (Å²) in [5.74, 6) is 0.535.